The molecule has 0 N–H and O–H groups in total. The van der Waals surface area contributed by atoms with Gasteiger partial charge in [-0.3, -0.25) is 0 Å². The van der Waals surface area contributed by atoms with Crippen molar-refractivity contribution in [3.05, 3.63) is 29.3 Å². The standard InChI is InChI=1S/C13H16O3/c1-8-4-5-9-10(6-8)15-12-13(9,2)7-11(14-3)16-12/h4-6,11-12H,7H2,1-3H3/t11-,12+,13+/m1/s1. The van der Waals surface area contributed by atoms with Crippen molar-refractivity contribution >= 4 is 0 Å². The molecule has 0 aliphatic carbocycles. The summed E-state index contributed by atoms with van der Waals surface area (Å²) < 4.78 is 16.8. The summed E-state index contributed by atoms with van der Waals surface area (Å²) >= 11 is 0. The molecular formula is C13H16O3. The van der Waals surface area contributed by atoms with E-state index in [1.165, 1.54) is 11.1 Å². The van der Waals surface area contributed by atoms with E-state index in [1.54, 1.807) is 7.11 Å². The molecule has 3 rings (SSSR count). The molecule has 2 aliphatic rings. The summed E-state index contributed by atoms with van der Waals surface area (Å²) in [5.41, 5.74) is 2.39. The van der Waals surface area contributed by atoms with Crippen LogP contribution in [0.25, 0.3) is 0 Å². The number of hydrogen-bond donors (Lipinski definition) is 0. The van der Waals surface area contributed by atoms with E-state index in [2.05, 4.69) is 32.0 Å². The summed E-state index contributed by atoms with van der Waals surface area (Å²) in [6.45, 7) is 4.25. The van der Waals surface area contributed by atoms with Crippen molar-refractivity contribution in [2.75, 3.05) is 7.11 Å². The van der Waals surface area contributed by atoms with Gasteiger partial charge in [-0.05, 0) is 25.5 Å². The van der Waals surface area contributed by atoms with E-state index in [-0.39, 0.29) is 18.0 Å². The van der Waals surface area contributed by atoms with Crippen LogP contribution in [0.15, 0.2) is 18.2 Å². The molecule has 3 heteroatoms. The van der Waals surface area contributed by atoms with E-state index >= 15 is 0 Å². The van der Waals surface area contributed by atoms with Crippen LogP contribution in [0.5, 0.6) is 5.75 Å². The third-order valence-electron chi connectivity index (χ3n) is 3.64. The number of fused-ring (bicyclic) bond motifs is 3. The lowest BCUT2D eigenvalue weighted by atomic mass is 9.81. The maximum Gasteiger partial charge on any atom is 0.212 e. The Hall–Kier alpha value is -1.06. The molecule has 16 heavy (non-hydrogen) atoms. The molecule has 0 saturated carbocycles. The fraction of sp³-hybridized carbons (Fsp3) is 0.538. The Morgan fingerprint density at radius 2 is 2.25 bits per heavy atom. The molecule has 0 bridgehead atoms. The van der Waals surface area contributed by atoms with Crippen molar-refractivity contribution < 1.29 is 14.2 Å². The first-order valence-corrected chi connectivity index (χ1v) is 5.59. The van der Waals surface area contributed by atoms with Crippen LogP contribution in [0.2, 0.25) is 0 Å². The van der Waals surface area contributed by atoms with E-state index in [1.807, 2.05) is 0 Å². The first-order chi connectivity index (χ1) is 7.63. The van der Waals surface area contributed by atoms with E-state index in [0.717, 1.165) is 12.2 Å². The number of rotatable bonds is 1. The second kappa shape index (κ2) is 3.22. The van der Waals surface area contributed by atoms with Gasteiger partial charge in [0.25, 0.3) is 0 Å². The molecule has 3 atom stereocenters. The van der Waals surface area contributed by atoms with Gasteiger partial charge in [0.05, 0.1) is 5.41 Å². The quantitative estimate of drug-likeness (QED) is 0.727. The van der Waals surface area contributed by atoms with Gasteiger partial charge >= 0.3 is 0 Å². The molecule has 2 heterocycles. The maximum atomic E-state index is 5.84. The smallest absolute Gasteiger partial charge is 0.212 e. The van der Waals surface area contributed by atoms with Crippen LogP contribution in [-0.4, -0.2) is 19.7 Å². The topological polar surface area (TPSA) is 27.7 Å². The third-order valence-corrected chi connectivity index (χ3v) is 3.64. The highest BCUT2D eigenvalue weighted by Crippen LogP contribution is 2.50. The minimum atomic E-state index is -0.200. The molecule has 0 aromatic heterocycles. The number of benzene rings is 1. The fourth-order valence-corrected chi connectivity index (χ4v) is 2.63. The molecule has 86 valence electrons. The van der Waals surface area contributed by atoms with Crippen molar-refractivity contribution in [2.24, 2.45) is 0 Å². The zero-order valence-electron chi connectivity index (χ0n) is 9.82. The van der Waals surface area contributed by atoms with Crippen LogP contribution in [0.1, 0.15) is 24.5 Å². The Morgan fingerprint density at radius 3 is 3.00 bits per heavy atom. The van der Waals surface area contributed by atoms with E-state index in [9.17, 15) is 0 Å². The van der Waals surface area contributed by atoms with Crippen LogP contribution in [-0.2, 0) is 14.9 Å². The second-order valence-electron chi connectivity index (χ2n) is 4.87. The monoisotopic (exact) mass is 220 g/mol. The zero-order valence-corrected chi connectivity index (χ0v) is 9.82. The van der Waals surface area contributed by atoms with Gasteiger partial charge in [-0.1, -0.05) is 12.1 Å². The molecular weight excluding hydrogens is 204 g/mol. The maximum absolute atomic E-state index is 5.84. The Morgan fingerprint density at radius 1 is 1.44 bits per heavy atom. The normalized spacial score (nSPS) is 35.7. The van der Waals surface area contributed by atoms with Gasteiger partial charge in [0.15, 0.2) is 6.29 Å². The van der Waals surface area contributed by atoms with Crippen LogP contribution < -0.4 is 4.74 Å². The average Bonchev–Trinajstić information content (AvgIpc) is 2.68. The molecule has 0 radical (unpaired) electrons. The highest BCUT2D eigenvalue weighted by Gasteiger charge is 2.53. The van der Waals surface area contributed by atoms with Crippen molar-refractivity contribution in [1.82, 2.24) is 0 Å². The van der Waals surface area contributed by atoms with Crippen LogP contribution >= 0.6 is 0 Å². The highest BCUT2D eigenvalue weighted by atomic mass is 16.8. The van der Waals surface area contributed by atoms with Gasteiger partial charge in [0.1, 0.15) is 5.75 Å². The minimum Gasteiger partial charge on any atom is -0.464 e. The fourth-order valence-electron chi connectivity index (χ4n) is 2.63. The summed E-state index contributed by atoms with van der Waals surface area (Å²) in [6.07, 6.45) is 0.503. The molecule has 0 unspecified atom stereocenters. The van der Waals surface area contributed by atoms with Gasteiger partial charge in [-0.15, -0.1) is 0 Å². The van der Waals surface area contributed by atoms with Crippen LogP contribution in [0.4, 0.5) is 0 Å². The molecule has 0 amide bonds. The Labute approximate surface area is 95.3 Å². The number of ether oxygens (including phenoxy) is 3. The summed E-state index contributed by atoms with van der Waals surface area (Å²) in [5.74, 6) is 0.960. The number of aryl methyl sites for hydroxylation is 1. The lowest BCUT2D eigenvalue weighted by Gasteiger charge is -2.19. The summed E-state index contributed by atoms with van der Waals surface area (Å²) in [6, 6.07) is 6.34. The Kier molecular flexibility index (Phi) is 2.03. The van der Waals surface area contributed by atoms with Gasteiger partial charge in [0, 0.05) is 19.1 Å². The van der Waals surface area contributed by atoms with Crippen molar-refractivity contribution in [1.29, 1.82) is 0 Å². The summed E-state index contributed by atoms with van der Waals surface area (Å²) in [5, 5.41) is 0. The number of hydrogen-bond acceptors (Lipinski definition) is 3. The zero-order chi connectivity index (χ0) is 11.3. The summed E-state index contributed by atoms with van der Waals surface area (Å²) in [7, 11) is 1.67. The Bertz CT molecular complexity index is 429. The van der Waals surface area contributed by atoms with Crippen molar-refractivity contribution in [3.63, 3.8) is 0 Å². The van der Waals surface area contributed by atoms with Gasteiger partial charge < -0.3 is 14.2 Å². The highest BCUT2D eigenvalue weighted by molar-refractivity contribution is 5.46. The molecule has 1 saturated heterocycles. The predicted molar refractivity (Wildman–Crippen MR) is 59.4 cm³/mol. The number of methoxy groups -OCH3 is 1. The second-order valence-corrected chi connectivity index (χ2v) is 4.87. The SMILES string of the molecule is CO[C@H]1C[C@@]2(C)c3ccc(C)cc3O[C@H]2O1. The summed E-state index contributed by atoms with van der Waals surface area (Å²) in [4.78, 5) is 0. The average molecular weight is 220 g/mol. The van der Waals surface area contributed by atoms with Crippen LogP contribution in [0.3, 0.4) is 0 Å². The first-order valence-electron chi connectivity index (χ1n) is 5.59. The van der Waals surface area contributed by atoms with Crippen LogP contribution in [0, 0.1) is 6.92 Å². The van der Waals surface area contributed by atoms with Crippen molar-refractivity contribution in [3.8, 4) is 5.75 Å². The lowest BCUT2D eigenvalue weighted by molar-refractivity contribution is -0.166. The third kappa shape index (κ3) is 1.22. The Balaban J connectivity index is 2.02. The minimum absolute atomic E-state index is 0.0658. The van der Waals surface area contributed by atoms with Gasteiger partial charge in [-0.25, -0.2) is 0 Å². The van der Waals surface area contributed by atoms with E-state index < -0.39 is 0 Å². The van der Waals surface area contributed by atoms with Crippen molar-refractivity contribution in [2.45, 2.75) is 38.3 Å². The molecule has 0 spiro atoms. The molecule has 2 aliphatic heterocycles. The lowest BCUT2D eigenvalue weighted by Crippen LogP contribution is -2.29. The van der Waals surface area contributed by atoms with E-state index in [0.29, 0.717) is 0 Å². The predicted octanol–water partition coefficient (Wildman–Crippen LogP) is 2.36. The van der Waals surface area contributed by atoms with Gasteiger partial charge in [0.2, 0.25) is 6.29 Å². The van der Waals surface area contributed by atoms with Gasteiger partial charge in [-0.2, -0.15) is 0 Å². The van der Waals surface area contributed by atoms with E-state index in [4.69, 9.17) is 14.2 Å². The largest absolute Gasteiger partial charge is 0.464 e. The molecule has 1 aromatic carbocycles. The molecule has 1 fully saturated rings. The molecule has 1 aromatic rings. The first kappa shape index (κ1) is 10.1. The molecule has 3 nitrogen and oxygen atoms in total.